The van der Waals surface area contributed by atoms with Crippen LogP contribution >= 0.6 is 0 Å². The van der Waals surface area contributed by atoms with Gasteiger partial charge in [0.05, 0.1) is 11.2 Å². The summed E-state index contributed by atoms with van der Waals surface area (Å²) in [5, 5.41) is 0. The lowest BCUT2D eigenvalue weighted by atomic mass is 9.68. The van der Waals surface area contributed by atoms with Gasteiger partial charge in [-0.1, -0.05) is 44.2 Å². The average molecular weight is 464 g/mol. The first-order valence-electron chi connectivity index (χ1n) is 11.8. The molecule has 1 spiro atoms. The highest BCUT2D eigenvalue weighted by Gasteiger charge is 2.77. The van der Waals surface area contributed by atoms with Crippen LogP contribution < -0.4 is 0 Å². The van der Waals surface area contributed by atoms with Crippen molar-refractivity contribution in [2.75, 3.05) is 5.75 Å². The zero-order chi connectivity index (χ0) is 23.5. The summed E-state index contributed by atoms with van der Waals surface area (Å²) in [6.07, 6.45) is 1.89. The molecule has 4 rings (SSSR count). The van der Waals surface area contributed by atoms with E-state index in [9.17, 15) is 13.2 Å². The summed E-state index contributed by atoms with van der Waals surface area (Å²) in [6.45, 7) is 11.9. The quantitative estimate of drug-likeness (QED) is 0.568. The van der Waals surface area contributed by atoms with E-state index in [1.54, 1.807) is 4.31 Å². The number of benzene rings is 1. The summed E-state index contributed by atoms with van der Waals surface area (Å²) in [5.74, 6) is -1.36. The van der Waals surface area contributed by atoms with Gasteiger partial charge in [0.15, 0.2) is 6.10 Å². The average Bonchev–Trinajstić information content (AvgIpc) is 3.16. The minimum absolute atomic E-state index is 0.0643. The van der Waals surface area contributed by atoms with Crippen LogP contribution in [0.15, 0.2) is 30.3 Å². The number of rotatable bonds is 7. The maximum Gasteiger partial charge on any atom is 0.338 e. The van der Waals surface area contributed by atoms with Gasteiger partial charge in [-0.25, -0.2) is 13.2 Å². The Kier molecular flexibility index (Phi) is 5.79. The van der Waals surface area contributed by atoms with Crippen LogP contribution in [0.4, 0.5) is 0 Å². The third-order valence-corrected chi connectivity index (χ3v) is 10.7. The van der Waals surface area contributed by atoms with E-state index in [0.29, 0.717) is 19.3 Å². The second-order valence-corrected chi connectivity index (χ2v) is 12.9. The Labute approximate surface area is 192 Å². The molecule has 32 heavy (non-hydrogen) atoms. The van der Waals surface area contributed by atoms with Crippen LogP contribution in [0.25, 0.3) is 0 Å². The molecule has 1 aromatic rings. The lowest BCUT2D eigenvalue weighted by Crippen LogP contribution is -2.57. The van der Waals surface area contributed by atoms with Crippen LogP contribution in [0, 0.1) is 16.7 Å². The largest absolute Gasteiger partial charge is 0.430 e. The van der Waals surface area contributed by atoms with Crippen molar-refractivity contribution in [2.45, 2.75) is 91.2 Å². The molecule has 0 N–H and O–H groups in total. The molecule has 7 heteroatoms. The molecule has 3 aliphatic rings. The number of hydrogen-bond donors (Lipinski definition) is 0. The maximum atomic E-state index is 13.8. The minimum Gasteiger partial charge on any atom is -0.430 e. The van der Waals surface area contributed by atoms with Crippen molar-refractivity contribution in [3.63, 3.8) is 0 Å². The number of nitrogens with zero attached hydrogens (tertiary/aromatic N) is 1. The molecule has 6 nitrogen and oxygen atoms in total. The smallest absolute Gasteiger partial charge is 0.338 e. The minimum atomic E-state index is -3.61. The van der Waals surface area contributed by atoms with Crippen LogP contribution in [0.2, 0.25) is 0 Å². The standard InChI is InChI=1S/C25H37NO5S/c1-17(2)26(18(3)4)32(28,29)16-24-13-12-20(23(24,5)6)15-25(24)30-21(22(27)31-25)14-19-10-8-7-9-11-19/h7-11,17-18,20-21H,12-16H2,1-6H3/t20?,21-,24?,25?/m0/s1. The van der Waals surface area contributed by atoms with Gasteiger partial charge in [-0.15, -0.1) is 0 Å². The first-order valence-corrected chi connectivity index (χ1v) is 13.4. The third-order valence-electron chi connectivity index (χ3n) is 8.31. The second-order valence-electron chi connectivity index (χ2n) is 11.0. The van der Waals surface area contributed by atoms with E-state index in [2.05, 4.69) is 13.8 Å². The van der Waals surface area contributed by atoms with E-state index in [0.717, 1.165) is 12.0 Å². The number of ether oxygens (including phenoxy) is 2. The van der Waals surface area contributed by atoms with Gasteiger partial charge in [0, 0.05) is 24.9 Å². The molecule has 4 atom stereocenters. The second kappa shape index (κ2) is 7.81. The van der Waals surface area contributed by atoms with Crippen LogP contribution in [0.3, 0.4) is 0 Å². The van der Waals surface area contributed by atoms with Gasteiger partial charge in [-0.05, 0) is 57.4 Å². The van der Waals surface area contributed by atoms with E-state index in [-0.39, 0.29) is 35.1 Å². The van der Waals surface area contributed by atoms with Crippen molar-refractivity contribution in [1.29, 1.82) is 0 Å². The zero-order valence-electron chi connectivity index (χ0n) is 20.1. The summed E-state index contributed by atoms with van der Waals surface area (Å²) >= 11 is 0. The fraction of sp³-hybridized carbons (Fsp3) is 0.720. The Balaban J connectivity index is 1.70. The fourth-order valence-corrected chi connectivity index (χ4v) is 9.62. The first-order chi connectivity index (χ1) is 14.9. The topological polar surface area (TPSA) is 72.9 Å². The molecule has 1 heterocycles. The van der Waals surface area contributed by atoms with Gasteiger partial charge in [-0.2, -0.15) is 4.31 Å². The molecule has 2 saturated carbocycles. The molecule has 0 aromatic heterocycles. The van der Waals surface area contributed by atoms with Crippen LogP contribution in [0.1, 0.15) is 66.4 Å². The Morgan fingerprint density at radius 1 is 1.09 bits per heavy atom. The number of fused-ring (bicyclic) bond motifs is 3. The van der Waals surface area contributed by atoms with E-state index < -0.39 is 27.3 Å². The number of carbonyl (C=O) groups excluding carboxylic acids is 1. The summed E-state index contributed by atoms with van der Waals surface area (Å²) in [6, 6.07) is 9.45. The van der Waals surface area contributed by atoms with Crippen LogP contribution in [0.5, 0.6) is 0 Å². The molecular formula is C25H37NO5S. The zero-order valence-corrected chi connectivity index (χ0v) is 20.9. The van der Waals surface area contributed by atoms with Crippen molar-refractivity contribution in [3.8, 4) is 0 Å². The summed E-state index contributed by atoms with van der Waals surface area (Å²) < 4.78 is 41.7. The SMILES string of the molecule is CC(C)N(C(C)C)S(=O)(=O)CC12CCC(CC13OC(=O)[C@H](Cc1ccccc1)O3)C2(C)C. The highest BCUT2D eigenvalue weighted by atomic mass is 32.2. The molecular weight excluding hydrogens is 426 g/mol. The molecule has 0 amide bonds. The predicted octanol–water partition coefficient (Wildman–Crippen LogP) is 4.14. The molecule has 3 unspecified atom stereocenters. The Morgan fingerprint density at radius 3 is 2.28 bits per heavy atom. The van der Waals surface area contributed by atoms with Gasteiger partial charge in [0.1, 0.15) is 0 Å². The predicted molar refractivity (Wildman–Crippen MR) is 123 cm³/mol. The molecule has 1 aliphatic heterocycles. The normalized spacial score (nSPS) is 33.7. The molecule has 0 radical (unpaired) electrons. The maximum absolute atomic E-state index is 13.8. The summed E-state index contributed by atoms with van der Waals surface area (Å²) in [5.41, 5.74) is -0.0878. The third kappa shape index (κ3) is 3.43. The van der Waals surface area contributed by atoms with E-state index in [1.807, 2.05) is 58.0 Å². The number of sulfonamides is 1. The van der Waals surface area contributed by atoms with Crippen LogP contribution in [-0.2, 0) is 30.7 Å². The van der Waals surface area contributed by atoms with Crippen molar-refractivity contribution < 1.29 is 22.7 Å². The van der Waals surface area contributed by atoms with E-state index >= 15 is 0 Å². The highest BCUT2D eigenvalue weighted by molar-refractivity contribution is 7.89. The first kappa shape index (κ1) is 23.7. The lowest BCUT2D eigenvalue weighted by Gasteiger charge is -2.47. The Morgan fingerprint density at radius 2 is 1.72 bits per heavy atom. The Bertz CT molecular complexity index is 965. The fourth-order valence-electron chi connectivity index (χ4n) is 6.83. The van der Waals surface area contributed by atoms with Crippen molar-refractivity contribution >= 4 is 16.0 Å². The van der Waals surface area contributed by atoms with Gasteiger partial charge in [0.25, 0.3) is 0 Å². The molecule has 3 fully saturated rings. The number of hydrogen-bond acceptors (Lipinski definition) is 5. The molecule has 1 saturated heterocycles. The Hall–Kier alpha value is -1.44. The van der Waals surface area contributed by atoms with Crippen LogP contribution in [-0.4, -0.2) is 48.4 Å². The monoisotopic (exact) mass is 463 g/mol. The van der Waals surface area contributed by atoms with Gasteiger partial charge in [-0.3, -0.25) is 0 Å². The number of carbonyl (C=O) groups is 1. The van der Waals surface area contributed by atoms with Crippen molar-refractivity contribution in [1.82, 2.24) is 4.31 Å². The van der Waals surface area contributed by atoms with Gasteiger partial charge < -0.3 is 9.47 Å². The molecule has 2 bridgehead atoms. The molecule has 1 aromatic carbocycles. The van der Waals surface area contributed by atoms with E-state index in [1.165, 1.54) is 0 Å². The molecule has 178 valence electrons. The summed E-state index contributed by atoms with van der Waals surface area (Å²) in [7, 11) is -3.61. The van der Waals surface area contributed by atoms with Crippen molar-refractivity contribution in [2.24, 2.45) is 16.7 Å². The number of esters is 1. The van der Waals surface area contributed by atoms with Gasteiger partial charge >= 0.3 is 5.97 Å². The summed E-state index contributed by atoms with van der Waals surface area (Å²) in [4.78, 5) is 13.0. The van der Waals surface area contributed by atoms with Crippen molar-refractivity contribution in [3.05, 3.63) is 35.9 Å². The highest BCUT2D eigenvalue weighted by Crippen LogP contribution is 2.72. The molecule has 2 aliphatic carbocycles. The van der Waals surface area contributed by atoms with E-state index in [4.69, 9.17) is 9.47 Å². The lowest BCUT2D eigenvalue weighted by molar-refractivity contribution is -0.241. The van der Waals surface area contributed by atoms with Gasteiger partial charge in [0.2, 0.25) is 15.8 Å².